The Labute approximate surface area is 89.5 Å². The predicted octanol–water partition coefficient (Wildman–Crippen LogP) is 2.35. The third-order valence-electron chi connectivity index (χ3n) is 1.93. The maximum atomic E-state index is 12.4. The molecule has 0 aliphatic carbocycles. The summed E-state index contributed by atoms with van der Waals surface area (Å²) >= 11 is 5.56. The van der Waals surface area contributed by atoms with Gasteiger partial charge in [0.15, 0.2) is 0 Å². The zero-order valence-corrected chi connectivity index (χ0v) is 8.31. The molecule has 1 atom stereocenters. The Hall–Kier alpha value is -0.780. The van der Waals surface area contributed by atoms with Crippen molar-refractivity contribution in [3.05, 3.63) is 34.3 Å². The summed E-state index contributed by atoms with van der Waals surface area (Å²) in [6.07, 6.45) is -4.51. The summed E-state index contributed by atoms with van der Waals surface area (Å²) in [5, 5.41) is 8.29. The monoisotopic (exact) mass is 239 g/mol. The molecule has 1 rings (SSSR count). The lowest BCUT2D eigenvalue weighted by molar-refractivity contribution is -0.137. The molecule has 0 aliphatic rings. The molecule has 0 fully saturated rings. The average Bonchev–Trinajstić information content (AvgIpc) is 2.15. The van der Waals surface area contributed by atoms with Crippen LogP contribution in [0.25, 0.3) is 0 Å². The van der Waals surface area contributed by atoms with E-state index in [0.717, 1.165) is 6.07 Å². The third-order valence-corrected chi connectivity index (χ3v) is 2.35. The highest BCUT2D eigenvalue weighted by Crippen LogP contribution is 2.37. The lowest BCUT2D eigenvalue weighted by atomic mass is 10.0. The highest BCUT2D eigenvalue weighted by Gasteiger charge is 2.34. The van der Waals surface area contributed by atoms with Crippen molar-refractivity contribution in [1.29, 1.82) is 0 Å². The summed E-state index contributed by atoms with van der Waals surface area (Å²) in [6.45, 7) is -0.457. The quantitative estimate of drug-likeness (QED) is 0.832. The van der Waals surface area contributed by atoms with E-state index in [9.17, 15) is 13.2 Å². The van der Waals surface area contributed by atoms with Crippen molar-refractivity contribution in [2.24, 2.45) is 5.73 Å². The van der Waals surface area contributed by atoms with Crippen molar-refractivity contribution < 1.29 is 18.3 Å². The van der Waals surface area contributed by atoms with Gasteiger partial charge in [0, 0.05) is 0 Å². The summed E-state index contributed by atoms with van der Waals surface area (Å²) in [5.74, 6) is 0. The molecule has 84 valence electrons. The number of alkyl halides is 3. The Morgan fingerprint density at radius 2 is 2.00 bits per heavy atom. The van der Waals surface area contributed by atoms with Crippen molar-refractivity contribution in [2.75, 3.05) is 6.61 Å². The third kappa shape index (κ3) is 2.62. The van der Waals surface area contributed by atoms with Crippen molar-refractivity contribution in [3.63, 3.8) is 0 Å². The van der Waals surface area contributed by atoms with E-state index >= 15 is 0 Å². The second-order valence-corrected chi connectivity index (χ2v) is 3.37. The molecule has 0 bridgehead atoms. The molecule has 0 amide bonds. The maximum absolute atomic E-state index is 12.4. The number of halogens is 4. The van der Waals surface area contributed by atoms with E-state index in [0.29, 0.717) is 0 Å². The first kappa shape index (κ1) is 12.3. The van der Waals surface area contributed by atoms with Crippen molar-refractivity contribution in [1.82, 2.24) is 0 Å². The highest BCUT2D eigenvalue weighted by molar-refractivity contribution is 6.32. The van der Waals surface area contributed by atoms with Crippen LogP contribution in [0.3, 0.4) is 0 Å². The van der Waals surface area contributed by atoms with E-state index < -0.39 is 29.4 Å². The first-order valence-corrected chi connectivity index (χ1v) is 4.47. The Morgan fingerprint density at radius 1 is 1.40 bits per heavy atom. The van der Waals surface area contributed by atoms with Gasteiger partial charge in [0.2, 0.25) is 0 Å². The summed E-state index contributed by atoms with van der Waals surface area (Å²) in [5.41, 5.74) is 4.56. The van der Waals surface area contributed by atoms with Crippen LogP contribution in [0.15, 0.2) is 18.2 Å². The first-order valence-electron chi connectivity index (χ1n) is 4.10. The van der Waals surface area contributed by atoms with Gasteiger partial charge in [0.05, 0.1) is 23.2 Å². The molecule has 1 aromatic rings. The number of hydrogen-bond donors (Lipinski definition) is 2. The summed E-state index contributed by atoms with van der Waals surface area (Å²) in [4.78, 5) is 0. The normalized spacial score (nSPS) is 14.0. The van der Waals surface area contributed by atoms with Gasteiger partial charge in [-0.15, -0.1) is 0 Å². The largest absolute Gasteiger partial charge is 0.417 e. The minimum atomic E-state index is -4.51. The van der Waals surface area contributed by atoms with Crippen LogP contribution >= 0.6 is 11.6 Å². The molecule has 0 saturated heterocycles. The molecule has 0 radical (unpaired) electrons. The van der Waals surface area contributed by atoms with E-state index in [-0.39, 0.29) is 5.56 Å². The number of hydrogen-bond acceptors (Lipinski definition) is 2. The van der Waals surface area contributed by atoms with E-state index in [4.69, 9.17) is 22.4 Å². The summed E-state index contributed by atoms with van der Waals surface area (Å²) in [6, 6.07) is 2.54. The van der Waals surface area contributed by atoms with Gasteiger partial charge in [-0.3, -0.25) is 0 Å². The van der Waals surface area contributed by atoms with Crippen molar-refractivity contribution in [3.8, 4) is 0 Å². The topological polar surface area (TPSA) is 46.2 Å². The SMILES string of the molecule is N[C@H](CO)c1cccc(C(F)(F)F)c1Cl. The van der Waals surface area contributed by atoms with E-state index in [1.54, 1.807) is 0 Å². The number of nitrogens with two attached hydrogens (primary N) is 1. The average molecular weight is 240 g/mol. The zero-order valence-electron chi connectivity index (χ0n) is 7.55. The Balaban J connectivity index is 3.23. The highest BCUT2D eigenvalue weighted by atomic mass is 35.5. The lowest BCUT2D eigenvalue weighted by Gasteiger charge is -2.15. The molecular weight excluding hydrogens is 231 g/mol. The summed E-state index contributed by atoms with van der Waals surface area (Å²) in [7, 11) is 0. The molecule has 15 heavy (non-hydrogen) atoms. The molecular formula is C9H9ClF3NO. The van der Waals surface area contributed by atoms with Crippen LogP contribution in [0, 0.1) is 0 Å². The molecule has 0 saturated carbocycles. The standard InChI is InChI=1S/C9H9ClF3NO/c10-8-5(7(14)4-15)2-1-3-6(8)9(11,12)13/h1-3,7,15H,4,14H2/t7-/m1/s1. The fourth-order valence-electron chi connectivity index (χ4n) is 1.15. The van der Waals surface area contributed by atoms with E-state index in [1.165, 1.54) is 12.1 Å². The van der Waals surface area contributed by atoms with Crippen LogP contribution in [0.2, 0.25) is 5.02 Å². The fraction of sp³-hybridized carbons (Fsp3) is 0.333. The zero-order chi connectivity index (χ0) is 11.6. The second kappa shape index (κ2) is 4.38. The van der Waals surface area contributed by atoms with Crippen LogP contribution in [0.4, 0.5) is 13.2 Å². The number of aliphatic hydroxyl groups is 1. The van der Waals surface area contributed by atoms with Crippen LogP contribution < -0.4 is 5.73 Å². The Kier molecular flexibility index (Phi) is 3.59. The van der Waals surface area contributed by atoms with E-state index in [1.807, 2.05) is 0 Å². The second-order valence-electron chi connectivity index (χ2n) is 3.00. The molecule has 2 nitrogen and oxygen atoms in total. The molecule has 0 aromatic heterocycles. The smallest absolute Gasteiger partial charge is 0.394 e. The fourth-order valence-corrected chi connectivity index (χ4v) is 1.53. The van der Waals surface area contributed by atoms with Gasteiger partial charge in [-0.1, -0.05) is 23.7 Å². The van der Waals surface area contributed by atoms with Crippen LogP contribution in [-0.4, -0.2) is 11.7 Å². The molecule has 0 aliphatic heterocycles. The molecule has 0 spiro atoms. The lowest BCUT2D eigenvalue weighted by Crippen LogP contribution is -2.17. The predicted molar refractivity (Wildman–Crippen MR) is 50.5 cm³/mol. The van der Waals surface area contributed by atoms with Gasteiger partial charge < -0.3 is 10.8 Å². The van der Waals surface area contributed by atoms with Crippen LogP contribution in [0.1, 0.15) is 17.2 Å². The van der Waals surface area contributed by atoms with Gasteiger partial charge in [0.1, 0.15) is 0 Å². The Morgan fingerprint density at radius 3 is 2.47 bits per heavy atom. The van der Waals surface area contributed by atoms with Gasteiger partial charge in [-0.25, -0.2) is 0 Å². The van der Waals surface area contributed by atoms with Crippen LogP contribution in [0.5, 0.6) is 0 Å². The van der Waals surface area contributed by atoms with Crippen LogP contribution in [-0.2, 0) is 6.18 Å². The number of rotatable bonds is 2. The molecule has 0 unspecified atom stereocenters. The van der Waals surface area contributed by atoms with Gasteiger partial charge in [-0.2, -0.15) is 13.2 Å². The Bertz CT molecular complexity index is 354. The molecule has 6 heteroatoms. The maximum Gasteiger partial charge on any atom is 0.417 e. The number of benzene rings is 1. The minimum Gasteiger partial charge on any atom is -0.394 e. The van der Waals surface area contributed by atoms with Gasteiger partial charge in [-0.05, 0) is 11.6 Å². The van der Waals surface area contributed by atoms with Crippen molar-refractivity contribution >= 4 is 11.6 Å². The summed E-state index contributed by atoms with van der Waals surface area (Å²) < 4.78 is 37.2. The van der Waals surface area contributed by atoms with Gasteiger partial charge >= 0.3 is 6.18 Å². The first-order chi connectivity index (χ1) is 6.88. The molecule has 0 heterocycles. The van der Waals surface area contributed by atoms with Crippen molar-refractivity contribution in [2.45, 2.75) is 12.2 Å². The molecule has 3 N–H and O–H groups in total. The minimum absolute atomic E-state index is 0.0917. The van der Waals surface area contributed by atoms with E-state index in [2.05, 4.69) is 0 Å². The van der Waals surface area contributed by atoms with Gasteiger partial charge in [0.25, 0.3) is 0 Å². The molecule has 1 aromatic carbocycles. The number of aliphatic hydroxyl groups excluding tert-OH is 1.